The van der Waals surface area contributed by atoms with Crippen LogP contribution < -0.4 is 35.8 Å². The molecule has 0 aliphatic rings. The Morgan fingerprint density at radius 3 is 1.43 bits per heavy atom. The van der Waals surface area contributed by atoms with E-state index in [1.807, 2.05) is 0 Å². The Hall–Kier alpha value is 1.32. The van der Waals surface area contributed by atoms with Crippen LogP contribution in [0.4, 0.5) is 0 Å². The Morgan fingerprint density at radius 2 is 1.43 bits per heavy atom. The van der Waals surface area contributed by atoms with Gasteiger partial charge in [-0.1, -0.05) is 0 Å². The number of halogens is 2. The van der Waals surface area contributed by atoms with Crippen LogP contribution in [-0.2, 0) is 9.05 Å². The van der Waals surface area contributed by atoms with Gasteiger partial charge >= 0.3 is 18.9 Å². The molecule has 0 aromatic carbocycles. The summed E-state index contributed by atoms with van der Waals surface area (Å²) < 4.78 is 18.8. The van der Waals surface area contributed by atoms with Crippen molar-refractivity contribution in [3.8, 4) is 0 Å². The van der Waals surface area contributed by atoms with Crippen LogP contribution in [0, 0.1) is 0 Å². The van der Waals surface area contributed by atoms with Crippen LogP contribution in [0.1, 0.15) is 0 Å². The molecule has 0 spiro atoms. The molecule has 0 aliphatic heterocycles. The van der Waals surface area contributed by atoms with E-state index >= 15 is 0 Å². The second-order valence-electron chi connectivity index (χ2n) is 0.682. The maximum absolute atomic E-state index is 9.40. The van der Waals surface area contributed by atoms with Gasteiger partial charge in [0.25, 0.3) is 0 Å². The average molecular weight is 201 g/mol. The third-order valence-electron chi connectivity index (χ3n) is 0. The summed E-state index contributed by atoms with van der Waals surface area (Å²) in [5.74, 6) is 0. The van der Waals surface area contributed by atoms with E-state index in [0.717, 1.165) is 6.26 Å². The minimum Gasteiger partial charge on any atom is -1.00 e. The van der Waals surface area contributed by atoms with Crippen molar-refractivity contribution in [3.05, 3.63) is 0 Å². The summed E-state index contributed by atoms with van der Waals surface area (Å²) in [6.45, 7) is 0. The summed E-state index contributed by atoms with van der Waals surface area (Å²) in [7, 11) is 1.31. The third-order valence-corrected chi connectivity index (χ3v) is 0. The van der Waals surface area contributed by atoms with Gasteiger partial charge in [0.2, 0.25) is 9.05 Å². The van der Waals surface area contributed by atoms with Crippen LogP contribution in [0.2, 0.25) is 0 Å². The van der Waals surface area contributed by atoms with Crippen LogP contribution in [0.5, 0.6) is 0 Å². The monoisotopic (exact) mass is 200 g/mol. The van der Waals surface area contributed by atoms with Crippen LogP contribution in [0.25, 0.3) is 0 Å². The molecule has 0 atom stereocenters. The van der Waals surface area contributed by atoms with Crippen molar-refractivity contribution in [1.29, 1.82) is 0 Å². The van der Waals surface area contributed by atoms with E-state index in [1.54, 1.807) is 0 Å². The van der Waals surface area contributed by atoms with Crippen molar-refractivity contribution in [2.24, 2.45) is 0 Å². The van der Waals surface area contributed by atoms with Crippen molar-refractivity contribution in [2.75, 3.05) is 6.26 Å². The molecule has 40 valence electrons. The smallest absolute Gasteiger partial charge is 1.00 e. The molecule has 0 bridgehead atoms. The average Bonchev–Trinajstić information content (AvgIpc) is 0.722. The molecule has 0 aliphatic carbocycles. The number of hydrogen-bond acceptors (Lipinski definition) is 2. The van der Waals surface area contributed by atoms with Crippen molar-refractivity contribution < 1.29 is 44.3 Å². The van der Waals surface area contributed by atoms with Crippen LogP contribution in [0.15, 0.2) is 0 Å². The maximum atomic E-state index is 9.40. The van der Waals surface area contributed by atoms with Gasteiger partial charge in [-0.3, -0.25) is 0 Å². The summed E-state index contributed by atoms with van der Waals surface area (Å²) in [6, 6.07) is 0. The summed E-state index contributed by atoms with van der Waals surface area (Å²) in [4.78, 5) is 0. The molecule has 0 radical (unpaired) electrons. The molecule has 7 heavy (non-hydrogen) atoms. The zero-order valence-electron chi connectivity index (χ0n) is 3.98. The van der Waals surface area contributed by atoms with Crippen molar-refractivity contribution in [1.82, 2.24) is 0 Å². The molecule has 0 amide bonds. The minimum absolute atomic E-state index is 0. The maximum Gasteiger partial charge on any atom is 1.00 e. The molecule has 0 aromatic heterocycles. The third kappa shape index (κ3) is 119. The molecule has 0 heterocycles. The van der Waals surface area contributed by atoms with E-state index in [-0.39, 0.29) is 35.8 Å². The van der Waals surface area contributed by atoms with Crippen molar-refractivity contribution >= 4 is 19.7 Å². The molecule has 0 saturated carbocycles. The number of rotatable bonds is 0. The molecular weight excluding hydrogens is 198 g/mol. The van der Waals surface area contributed by atoms with E-state index < -0.39 is 9.05 Å². The fraction of sp³-hybridized carbons (Fsp3) is 1.00. The number of hydrogen-bond donors (Lipinski definition) is 0. The first kappa shape index (κ1) is 15.8. The van der Waals surface area contributed by atoms with E-state index in [1.165, 1.54) is 0 Å². The Labute approximate surface area is 70.0 Å². The van der Waals surface area contributed by atoms with Gasteiger partial charge in [0.05, 0.1) is 6.26 Å². The molecule has 0 saturated heterocycles. The largest absolute Gasteiger partial charge is 1.00 e. The first-order valence-electron chi connectivity index (χ1n) is 0.896. The summed E-state index contributed by atoms with van der Waals surface area (Å²) in [6.07, 6.45) is 0.925. The van der Waals surface area contributed by atoms with Gasteiger partial charge in [0.1, 0.15) is 0 Å². The topological polar surface area (TPSA) is 34.1 Å². The van der Waals surface area contributed by atoms with Gasteiger partial charge in [-0.2, -0.15) is 0 Å². The Bertz CT molecular complexity index is 101. The Kier molecular flexibility index (Phi) is 12.3. The summed E-state index contributed by atoms with van der Waals surface area (Å²) in [5.41, 5.74) is 0. The molecular formula is CH3BrClLiO2S. The fourth-order valence-corrected chi connectivity index (χ4v) is 0. The Balaban J connectivity index is -0.0000000800. The van der Waals surface area contributed by atoms with Gasteiger partial charge in [-0.05, 0) is 0 Å². The summed E-state index contributed by atoms with van der Waals surface area (Å²) in [5, 5.41) is 0. The normalized spacial score (nSPS) is 8.29. The van der Waals surface area contributed by atoms with Gasteiger partial charge in [0.15, 0.2) is 0 Å². The predicted molar refractivity (Wildman–Crippen MR) is 20.7 cm³/mol. The van der Waals surface area contributed by atoms with Gasteiger partial charge in [0, 0.05) is 10.7 Å². The second kappa shape index (κ2) is 5.45. The van der Waals surface area contributed by atoms with Crippen LogP contribution in [0.3, 0.4) is 0 Å². The van der Waals surface area contributed by atoms with Gasteiger partial charge < -0.3 is 17.0 Å². The first-order chi connectivity index (χ1) is 2.00. The van der Waals surface area contributed by atoms with Crippen LogP contribution >= 0.6 is 10.7 Å². The molecule has 0 rings (SSSR count). The zero-order valence-corrected chi connectivity index (χ0v) is 7.14. The van der Waals surface area contributed by atoms with Gasteiger partial charge in [-0.25, -0.2) is 8.42 Å². The molecule has 0 unspecified atom stereocenters. The standard InChI is InChI=1S/CH3ClO2S.BrH.Li/c1-5(2,3)4;;/h1H3;1H;/q;;+1/p-1. The van der Waals surface area contributed by atoms with E-state index in [4.69, 9.17) is 0 Å². The molecule has 6 heteroatoms. The van der Waals surface area contributed by atoms with E-state index in [2.05, 4.69) is 10.7 Å². The molecule has 0 fully saturated rings. The Morgan fingerprint density at radius 1 is 1.43 bits per heavy atom. The molecule has 0 N–H and O–H groups in total. The summed E-state index contributed by atoms with van der Waals surface area (Å²) >= 11 is 0. The molecule has 2 nitrogen and oxygen atoms in total. The van der Waals surface area contributed by atoms with Crippen LogP contribution in [-0.4, -0.2) is 14.7 Å². The molecule has 0 aromatic rings. The van der Waals surface area contributed by atoms with Crippen molar-refractivity contribution in [3.63, 3.8) is 0 Å². The van der Waals surface area contributed by atoms with E-state index in [0.29, 0.717) is 0 Å². The fourth-order valence-electron chi connectivity index (χ4n) is 0. The van der Waals surface area contributed by atoms with Gasteiger partial charge in [-0.15, -0.1) is 0 Å². The SMILES string of the molecule is CS(=O)(=O)Cl.[Br-].[Li+]. The first-order valence-corrected chi connectivity index (χ1v) is 3.61. The zero-order chi connectivity index (χ0) is 4.50. The minimum atomic E-state index is -3.19. The predicted octanol–water partition coefficient (Wildman–Crippen LogP) is -5.81. The van der Waals surface area contributed by atoms with E-state index in [9.17, 15) is 8.42 Å². The second-order valence-corrected chi connectivity index (χ2v) is 3.73. The quantitative estimate of drug-likeness (QED) is 0.289. The van der Waals surface area contributed by atoms with Crippen molar-refractivity contribution in [2.45, 2.75) is 0 Å².